The van der Waals surface area contributed by atoms with Gasteiger partial charge in [-0.25, -0.2) is 4.79 Å². The van der Waals surface area contributed by atoms with Crippen LogP contribution in [0, 0.1) is 0 Å². The smallest absolute Gasteiger partial charge is 0.871 e. The Labute approximate surface area is 341 Å². The van der Waals surface area contributed by atoms with Gasteiger partial charge in [0.2, 0.25) is 0 Å². The molecule has 0 aliphatic heterocycles. The van der Waals surface area contributed by atoms with E-state index in [1.165, 1.54) is 44.6 Å². The molecule has 0 aromatic heterocycles. The number of hydrogen-bond acceptors (Lipinski definition) is 12. The van der Waals surface area contributed by atoms with Crippen molar-refractivity contribution in [3.05, 3.63) is 96.6 Å². The number of carbonyl (C=O) groups is 1. The number of anilines is 1. The Bertz CT molecular complexity index is 2530. The zero-order valence-electron chi connectivity index (χ0n) is 28.2. The van der Waals surface area contributed by atoms with E-state index in [4.69, 9.17) is 15.2 Å². The van der Waals surface area contributed by atoms with Gasteiger partial charge in [0.15, 0.2) is 0 Å². The van der Waals surface area contributed by atoms with E-state index in [2.05, 4.69) is 20.5 Å². The number of nitrogens with two attached hydrogens (primary N) is 1. The van der Waals surface area contributed by atoms with Gasteiger partial charge in [-0.2, -0.15) is 13.5 Å². The summed E-state index contributed by atoms with van der Waals surface area (Å²) in [5.41, 5.74) is 6.63. The Balaban J connectivity index is 0.00000302. The summed E-state index contributed by atoms with van der Waals surface area (Å²) in [5.74, 6) is -2.43. The second-order valence-electron chi connectivity index (χ2n) is 10.8. The van der Waals surface area contributed by atoms with Gasteiger partial charge >= 0.3 is 65.1 Å². The van der Waals surface area contributed by atoms with E-state index >= 15 is 0 Å². The molecule has 14 nitrogen and oxygen atoms in total. The predicted octanol–water partition coefficient (Wildman–Crippen LogP) is 1.19. The molecule has 0 heterocycles. The molecule has 0 unspecified atom stereocenters. The van der Waals surface area contributed by atoms with E-state index in [9.17, 15) is 33.1 Å². The van der Waals surface area contributed by atoms with Crippen LogP contribution in [0.1, 0.15) is 10.4 Å². The number of nitrogens with zero attached hydrogens (tertiary/aromatic N) is 4. The molecule has 4 N–H and O–H groups in total. The molecule has 6 aromatic carbocycles. The minimum atomic E-state index is -4.85. The molecule has 0 saturated carbocycles. The zero-order chi connectivity index (χ0) is 35.7. The standard InChI is InChI=1S/C35H27N5O9S.2Na/c1-48-28-14-18(8-11-26(28)37-39-31-23-6-4-3-5-20(23)13-25(34(31)42)35(43)44)19-9-12-27(29(15-19)49-2)38-40-32-30(50(45,46)47)16-21-7-10-22(36)17-24(21)33(32)41;;/h3-17,41-42H,36H2,1-2H3,(H,43,44)(H,45,46,47);;/q;2*+1/p-2. The molecular weight excluding hydrogens is 712 g/mol. The molecule has 0 radical (unpaired) electrons. The van der Waals surface area contributed by atoms with Crippen molar-refractivity contribution >= 4 is 66.1 Å². The Kier molecular flexibility index (Phi) is 12.7. The largest absolute Gasteiger partial charge is 1.00 e. The van der Waals surface area contributed by atoms with E-state index in [-0.39, 0.29) is 104 Å². The van der Waals surface area contributed by atoms with Gasteiger partial charge in [-0.1, -0.05) is 54.0 Å². The Morgan fingerprint density at radius 3 is 1.81 bits per heavy atom. The fraction of sp³-hybridized carbons (Fsp3) is 0.0571. The summed E-state index contributed by atoms with van der Waals surface area (Å²) < 4.78 is 45.2. The van der Waals surface area contributed by atoms with Crippen molar-refractivity contribution in [1.29, 1.82) is 0 Å². The van der Waals surface area contributed by atoms with Crippen molar-refractivity contribution in [2.24, 2.45) is 20.5 Å². The average molecular weight is 738 g/mol. The monoisotopic (exact) mass is 737 g/mol. The molecule has 6 rings (SSSR count). The number of azo groups is 2. The van der Waals surface area contributed by atoms with Crippen molar-refractivity contribution in [3.8, 4) is 34.1 Å². The maximum Gasteiger partial charge on any atom is 1.00 e. The van der Waals surface area contributed by atoms with Crippen molar-refractivity contribution in [2.45, 2.75) is 4.90 Å². The van der Waals surface area contributed by atoms with Crippen LogP contribution in [-0.4, -0.2) is 38.3 Å². The number of aromatic carboxylic acids is 1. The van der Waals surface area contributed by atoms with Gasteiger partial charge in [-0.05, 0) is 75.8 Å². The minimum absolute atomic E-state index is 0. The summed E-state index contributed by atoms with van der Waals surface area (Å²) in [6, 6.07) is 23.3. The van der Waals surface area contributed by atoms with Crippen LogP contribution in [0.4, 0.5) is 28.4 Å². The number of methoxy groups -OCH3 is 2. The molecule has 6 aromatic rings. The van der Waals surface area contributed by atoms with Crippen molar-refractivity contribution < 1.29 is 102 Å². The van der Waals surface area contributed by atoms with E-state index in [1.54, 1.807) is 54.6 Å². The molecule has 0 spiro atoms. The van der Waals surface area contributed by atoms with E-state index in [0.29, 0.717) is 21.9 Å². The van der Waals surface area contributed by atoms with Crippen LogP contribution in [0.3, 0.4) is 0 Å². The summed E-state index contributed by atoms with van der Waals surface area (Å²) in [6.07, 6.45) is 0. The number of fused-ring (bicyclic) bond motifs is 2. The fourth-order valence-corrected chi connectivity index (χ4v) is 5.95. The molecule has 0 aliphatic carbocycles. The quantitative estimate of drug-likeness (QED) is 0.0830. The van der Waals surface area contributed by atoms with Gasteiger partial charge in [0.1, 0.15) is 27.8 Å². The molecule has 0 saturated heterocycles. The van der Waals surface area contributed by atoms with E-state index in [1.807, 2.05) is 0 Å². The fourth-order valence-electron chi connectivity index (χ4n) is 5.29. The van der Waals surface area contributed by atoms with Crippen LogP contribution in [0.15, 0.2) is 116 Å². The number of rotatable bonds is 9. The van der Waals surface area contributed by atoms with Gasteiger partial charge in [-0.3, -0.25) is 4.55 Å². The summed E-state index contributed by atoms with van der Waals surface area (Å²) in [4.78, 5) is 11.0. The number of benzene rings is 6. The Morgan fingerprint density at radius 1 is 0.692 bits per heavy atom. The van der Waals surface area contributed by atoms with Crippen molar-refractivity contribution in [1.82, 2.24) is 0 Å². The number of carboxylic acid groups (broad SMARTS) is 1. The molecule has 52 heavy (non-hydrogen) atoms. The van der Waals surface area contributed by atoms with Crippen LogP contribution in [0.5, 0.6) is 23.0 Å². The molecule has 0 fully saturated rings. The van der Waals surface area contributed by atoms with Crippen LogP contribution in [0.25, 0.3) is 32.7 Å². The first-order chi connectivity index (χ1) is 23.9. The van der Waals surface area contributed by atoms with Gasteiger partial charge in [0.05, 0.1) is 31.2 Å². The van der Waals surface area contributed by atoms with Crippen LogP contribution >= 0.6 is 0 Å². The SMILES string of the molecule is COc1cc(-c2ccc(N=Nc3c([O-])c(C(=O)O)cc4ccccc34)c(OC)c2)ccc1N=Nc1c(S(=O)(=O)O)cc2ccc(N)cc2c1[O-].[Na+].[Na+]. The first-order valence-corrected chi connectivity index (χ1v) is 16.0. The molecule has 0 atom stereocenters. The molecule has 17 heteroatoms. The predicted molar refractivity (Wildman–Crippen MR) is 181 cm³/mol. The number of carboxylic acids is 1. The molecule has 252 valence electrons. The maximum atomic E-state index is 13.2. The third kappa shape index (κ3) is 8.06. The molecule has 0 amide bonds. The molecule has 0 bridgehead atoms. The summed E-state index contributed by atoms with van der Waals surface area (Å²) in [7, 11) is -2.04. The second kappa shape index (κ2) is 16.4. The zero-order valence-corrected chi connectivity index (χ0v) is 33.0. The van der Waals surface area contributed by atoms with Gasteiger partial charge < -0.3 is 30.5 Å². The maximum absolute atomic E-state index is 13.2. The number of ether oxygens (including phenoxy) is 2. The normalized spacial score (nSPS) is 11.4. The first-order valence-electron chi connectivity index (χ1n) is 14.6. The van der Waals surface area contributed by atoms with Gasteiger partial charge in [0, 0.05) is 11.1 Å². The molecule has 0 aliphatic rings. The summed E-state index contributed by atoms with van der Waals surface area (Å²) >= 11 is 0. The van der Waals surface area contributed by atoms with E-state index < -0.39 is 43.7 Å². The topological polar surface area (TPSA) is 232 Å². The summed E-state index contributed by atoms with van der Waals surface area (Å²) in [5, 5.41) is 53.3. The van der Waals surface area contributed by atoms with Crippen LogP contribution in [0.2, 0.25) is 0 Å². The first kappa shape index (κ1) is 40.2. The summed E-state index contributed by atoms with van der Waals surface area (Å²) in [6.45, 7) is 0. The Hall–Kier alpha value is -4.58. The Morgan fingerprint density at radius 2 is 1.25 bits per heavy atom. The van der Waals surface area contributed by atoms with Crippen LogP contribution < -0.4 is 84.5 Å². The minimum Gasteiger partial charge on any atom is -0.871 e. The third-order valence-electron chi connectivity index (χ3n) is 7.75. The second-order valence-corrected chi connectivity index (χ2v) is 12.2. The van der Waals surface area contributed by atoms with Crippen LogP contribution in [-0.2, 0) is 10.1 Å². The number of nitrogen functional groups attached to an aromatic ring is 1. The van der Waals surface area contributed by atoms with Gasteiger partial charge in [-0.15, -0.1) is 15.3 Å². The molecular formula is C35H25N5Na2O9S. The van der Waals surface area contributed by atoms with E-state index in [0.717, 1.165) is 6.07 Å². The average Bonchev–Trinajstić information content (AvgIpc) is 3.10. The van der Waals surface area contributed by atoms with Gasteiger partial charge in [0.25, 0.3) is 10.1 Å². The van der Waals surface area contributed by atoms with Crippen molar-refractivity contribution in [2.75, 3.05) is 20.0 Å². The number of hydrogen-bond donors (Lipinski definition) is 3. The van der Waals surface area contributed by atoms with Crippen molar-refractivity contribution in [3.63, 3.8) is 0 Å². The third-order valence-corrected chi connectivity index (χ3v) is 8.62.